The Hall–Kier alpha value is -0.610. The lowest BCUT2D eigenvalue weighted by Gasteiger charge is -2.07. The molecule has 0 bridgehead atoms. The smallest absolute Gasteiger partial charge is 0.155 e. The van der Waals surface area contributed by atoms with Gasteiger partial charge in [-0.1, -0.05) is 25.4 Å². The number of rotatable bonds is 1. The van der Waals surface area contributed by atoms with E-state index in [0.717, 1.165) is 15.8 Å². The highest BCUT2D eigenvalue weighted by Crippen LogP contribution is 2.24. The second-order valence-corrected chi connectivity index (χ2v) is 4.57. The standard InChI is InChI=1S/C9H9BrClN3/c1-5(2)6-3-8-12-4-7(10)14(8)13-9(6)11/h3-5H,1-2H3. The second kappa shape index (κ2) is 3.51. The third-order valence-electron chi connectivity index (χ3n) is 2.06. The van der Waals surface area contributed by atoms with E-state index in [2.05, 4.69) is 39.9 Å². The number of imidazole rings is 1. The summed E-state index contributed by atoms with van der Waals surface area (Å²) < 4.78 is 2.48. The molecule has 0 spiro atoms. The average Bonchev–Trinajstić information content (AvgIpc) is 2.46. The van der Waals surface area contributed by atoms with E-state index >= 15 is 0 Å². The molecule has 0 amide bonds. The minimum absolute atomic E-state index is 0.357. The van der Waals surface area contributed by atoms with Crippen LogP contribution in [0, 0.1) is 0 Å². The Morgan fingerprint density at radius 3 is 2.86 bits per heavy atom. The predicted octanol–water partition coefficient (Wildman–Crippen LogP) is 3.27. The molecule has 3 nitrogen and oxygen atoms in total. The summed E-state index contributed by atoms with van der Waals surface area (Å²) in [5, 5.41) is 4.76. The molecule has 2 rings (SSSR count). The quantitative estimate of drug-likeness (QED) is 0.799. The minimum atomic E-state index is 0.357. The Kier molecular flexibility index (Phi) is 2.49. The topological polar surface area (TPSA) is 30.2 Å². The maximum Gasteiger partial charge on any atom is 0.155 e. The van der Waals surface area contributed by atoms with Gasteiger partial charge < -0.3 is 0 Å². The highest BCUT2D eigenvalue weighted by molar-refractivity contribution is 9.10. The number of nitrogens with zero attached hydrogens (tertiary/aromatic N) is 3. The van der Waals surface area contributed by atoms with Gasteiger partial charge in [-0.3, -0.25) is 0 Å². The van der Waals surface area contributed by atoms with E-state index in [9.17, 15) is 0 Å². The Morgan fingerprint density at radius 2 is 2.21 bits per heavy atom. The van der Waals surface area contributed by atoms with Gasteiger partial charge in [-0.2, -0.15) is 5.10 Å². The van der Waals surface area contributed by atoms with Crippen LogP contribution in [0.15, 0.2) is 16.9 Å². The summed E-state index contributed by atoms with van der Waals surface area (Å²) in [6.07, 6.45) is 1.71. The van der Waals surface area contributed by atoms with Crippen LogP contribution in [0.2, 0.25) is 5.15 Å². The molecule has 0 saturated carbocycles. The van der Waals surface area contributed by atoms with Gasteiger partial charge in [0.1, 0.15) is 4.60 Å². The molecule has 2 aromatic rings. The number of halogens is 2. The maximum atomic E-state index is 6.05. The summed E-state index contributed by atoms with van der Waals surface area (Å²) in [7, 11) is 0. The minimum Gasteiger partial charge on any atom is -0.234 e. The summed E-state index contributed by atoms with van der Waals surface area (Å²) in [4.78, 5) is 4.20. The first kappa shape index (κ1) is 9.93. The summed E-state index contributed by atoms with van der Waals surface area (Å²) >= 11 is 9.39. The van der Waals surface area contributed by atoms with Crippen LogP contribution in [-0.4, -0.2) is 14.6 Å². The number of hydrogen-bond acceptors (Lipinski definition) is 2. The van der Waals surface area contributed by atoms with Crippen molar-refractivity contribution in [3.63, 3.8) is 0 Å². The fraction of sp³-hybridized carbons (Fsp3) is 0.333. The van der Waals surface area contributed by atoms with Crippen molar-refractivity contribution in [3.05, 3.63) is 27.6 Å². The molecule has 0 aliphatic carbocycles. The molecule has 0 unspecified atom stereocenters. The van der Waals surface area contributed by atoms with Crippen LogP contribution in [-0.2, 0) is 0 Å². The zero-order chi connectivity index (χ0) is 10.3. The first-order chi connectivity index (χ1) is 6.59. The predicted molar refractivity (Wildman–Crippen MR) is 59.8 cm³/mol. The first-order valence-electron chi connectivity index (χ1n) is 4.29. The van der Waals surface area contributed by atoms with E-state index < -0.39 is 0 Å². The van der Waals surface area contributed by atoms with Crippen LogP contribution in [0.3, 0.4) is 0 Å². The lowest BCUT2D eigenvalue weighted by Crippen LogP contribution is -1.98. The molecule has 0 fully saturated rings. The van der Waals surface area contributed by atoms with Crippen LogP contribution in [0.25, 0.3) is 5.65 Å². The van der Waals surface area contributed by atoms with Gasteiger partial charge in [0.15, 0.2) is 10.8 Å². The molecule has 5 heteroatoms. The monoisotopic (exact) mass is 273 g/mol. The highest BCUT2D eigenvalue weighted by atomic mass is 79.9. The molecule has 0 N–H and O–H groups in total. The van der Waals surface area contributed by atoms with Gasteiger partial charge in [-0.25, -0.2) is 9.50 Å². The van der Waals surface area contributed by atoms with E-state index in [-0.39, 0.29) is 0 Å². The van der Waals surface area contributed by atoms with E-state index in [1.54, 1.807) is 10.7 Å². The Balaban J connectivity index is 2.72. The molecule has 0 radical (unpaired) electrons. The summed E-state index contributed by atoms with van der Waals surface area (Å²) in [5.74, 6) is 0.357. The van der Waals surface area contributed by atoms with Gasteiger partial charge >= 0.3 is 0 Å². The first-order valence-corrected chi connectivity index (χ1v) is 5.46. The molecule has 74 valence electrons. The van der Waals surface area contributed by atoms with Crippen LogP contribution in [0.4, 0.5) is 0 Å². The van der Waals surface area contributed by atoms with Gasteiger partial charge in [0, 0.05) is 0 Å². The van der Waals surface area contributed by atoms with Crippen molar-refractivity contribution in [2.24, 2.45) is 0 Å². The highest BCUT2D eigenvalue weighted by Gasteiger charge is 2.10. The molecule has 2 heterocycles. The third kappa shape index (κ3) is 1.53. The number of fused-ring (bicyclic) bond motifs is 1. The van der Waals surface area contributed by atoms with Crippen molar-refractivity contribution >= 4 is 33.2 Å². The van der Waals surface area contributed by atoms with E-state index in [4.69, 9.17) is 11.6 Å². The lowest BCUT2D eigenvalue weighted by atomic mass is 10.1. The Morgan fingerprint density at radius 1 is 1.50 bits per heavy atom. The van der Waals surface area contributed by atoms with Crippen molar-refractivity contribution < 1.29 is 0 Å². The van der Waals surface area contributed by atoms with Crippen molar-refractivity contribution in [2.45, 2.75) is 19.8 Å². The van der Waals surface area contributed by atoms with Crippen LogP contribution >= 0.6 is 27.5 Å². The van der Waals surface area contributed by atoms with Gasteiger partial charge in [-0.05, 0) is 33.5 Å². The molecular formula is C9H9BrClN3. The van der Waals surface area contributed by atoms with Gasteiger partial charge in [0.2, 0.25) is 0 Å². The van der Waals surface area contributed by atoms with Crippen molar-refractivity contribution in [1.82, 2.24) is 14.6 Å². The van der Waals surface area contributed by atoms with Crippen LogP contribution in [0.5, 0.6) is 0 Å². The molecule has 0 atom stereocenters. The molecule has 14 heavy (non-hydrogen) atoms. The Labute approximate surface area is 95.2 Å². The number of hydrogen-bond donors (Lipinski definition) is 0. The normalized spacial score (nSPS) is 11.5. The molecule has 0 aliphatic rings. The van der Waals surface area contributed by atoms with Crippen molar-refractivity contribution in [3.8, 4) is 0 Å². The van der Waals surface area contributed by atoms with Crippen LogP contribution in [0.1, 0.15) is 25.3 Å². The van der Waals surface area contributed by atoms with Crippen molar-refractivity contribution in [2.75, 3.05) is 0 Å². The summed E-state index contributed by atoms with van der Waals surface area (Å²) in [6, 6.07) is 1.96. The summed E-state index contributed by atoms with van der Waals surface area (Å²) in [5.41, 5.74) is 1.84. The average molecular weight is 275 g/mol. The van der Waals surface area contributed by atoms with E-state index in [1.165, 1.54) is 0 Å². The fourth-order valence-corrected chi connectivity index (χ4v) is 2.00. The van der Waals surface area contributed by atoms with E-state index in [0.29, 0.717) is 11.1 Å². The Bertz CT molecular complexity index is 478. The third-order valence-corrected chi connectivity index (χ3v) is 2.89. The number of aromatic nitrogens is 3. The molecule has 0 saturated heterocycles. The summed E-state index contributed by atoms with van der Waals surface area (Å²) in [6.45, 7) is 4.16. The molecule has 2 aromatic heterocycles. The van der Waals surface area contributed by atoms with Gasteiger partial charge in [0.25, 0.3) is 0 Å². The maximum absolute atomic E-state index is 6.05. The fourth-order valence-electron chi connectivity index (χ4n) is 1.28. The second-order valence-electron chi connectivity index (χ2n) is 3.40. The van der Waals surface area contributed by atoms with Gasteiger partial charge in [0.05, 0.1) is 6.20 Å². The SMILES string of the molecule is CC(C)c1cc2ncc(Br)n2nc1Cl. The molecular weight excluding hydrogens is 265 g/mol. The zero-order valence-corrected chi connectivity index (χ0v) is 10.2. The molecule has 0 aromatic carbocycles. The lowest BCUT2D eigenvalue weighted by molar-refractivity contribution is 0.825. The van der Waals surface area contributed by atoms with Gasteiger partial charge in [-0.15, -0.1) is 0 Å². The zero-order valence-electron chi connectivity index (χ0n) is 7.83. The largest absolute Gasteiger partial charge is 0.234 e. The van der Waals surface area contributed by atoms with Crippen molar-refractivity contribution in [1.29, 1.82) is 0 Å². The molecule has 0 aliphatic heterocycles. The van der Waals surface area contributed by atoms with Crippen LogP contribution < -0.4 is 0 Å². The van der Waals surface area contributed by atoms with E-state index in [1.807, 2.05) is 6.07 Å².